The van der Waals surface area contributed by atoms with E-state index >= 15 is 0 Å². The standard InChI is InChI=1S/C15H28N4/c1-7-11(4)8-12(5)17-14-9-13(16-6)18-15(19-14)10(2)3/h9-12H,7-8H2,1-6H3,(H2,16,17,18,19). The van der Waals surface area contributed by atoms with E-state index in [1.54, 1.807) is 0 Å². The fraction of sp³-hybridized carbons (Fsp3) is 0.733. The number of anilines is 2. The minimum Gasteiger partial charge on any atom is -0.373 e. The maximum atomic E-state index is 4.59. The van der Waals surface area contributed by atoms with Crippen LogP contribution in [0.5, 0.6) is 0 Å². The maximum Gasteiger partial charge on any atom is 0.135 e. The number of nitrogens with zero attached hydrogens (tertiary/aromatic N) is 2. The van der Waals surface area contributed by atoms with Crippen molar-refractivity contribution in [2.75, 3.05) is 17.7 Å². The third kappa shape index (κ3) is 5.05. The van der Waals surface area contributed by atoms with Gasteiger partial charge in [0.15, 0.2) is 0 Å². The zero-order valence-corrected chi connectivity index (χ0v) is 13.1. The van der Waals surface area contributed by atoms with Gasteiger partial charge >= 0.3 is 0 Å². The lowest BCUT2D eigenvalue weighted by molar-refractivity contribution is 0.483. The minimum absolute atomic E-state index is 0.332. The van der Waals surface area contributed by atoms with E-state index in [0.717, 1.165) is 29.8 Å². The predicted octanol–water partition coefficient (Wildman–Crippen LogP) is 3.88. The van der Waals surface area contributed by atoms with Crippen LogP contribution in [0.1, 0.15) is 59.2 Å². The second-order valence-electron chi connectivity index (χ2n) is 5.70. The lowest BCUT2D eigenvalue weighted by Gasteiger charge is -2.19. The third-order valence-corrected chi connectivity index (χ3v) is 3.36. The zero-order valence-electron chi connectivity index (χ0n) is 13.1. The van der Waals surface area contributed by atoms with Gasteiger partial charge in [-0.1, -0.05) is 34.1 Å². The molecule has 1 aromatic heterocycles. The van der Waals surface area contributed by atoms with Gasteiger partial charge in [-0.05, 0) is 19.3 Å². The van der Waals surface area contributed by atoms with Crippen LogP contribution in [-0.4, -0.2) is 23.1 Å². The Morgan fingerprint density at radius 2 is 1.74 bits per heavy atom. The van der Waals surface area contributed by atoms with Crippen LogP contribution >= 0.6 is 0 Å². The van der Waals surface area contributed by atoms with E-state index in [-0.39, 0.29) is 0 Å². The van der Waals surface area contributed by atoms with E-state index in [1.165, 1.54) is 6.42 Å². The second kappa shape index (κ2) is 7.31. The highest BCUT2D eigenvalue weighted by atomic mass is 15.1. The number of hydrogen-bond donors (Lipinski definition) is 2. The molecule has 19 heavy (non-hydrogen) atoms. The molecule has 0 fully saturated rings. The van der Waals surface area contributed by atoms with Crippen molar-refractivity contribution in [1.82, 2.24) is 9.97 Å². The molecule has 2 unspecified atom stereocenters. The first kappa shape index (κ1) is 15.7. The SMILES string of the molecule is CCC(C)CC(C)Nc1cc(NC)nc(C(C)C)n1. The first-order valence-corrected chi connectivity index (χ1v) is 7.29. The summed E-state index contributed by atoms with van der Waals surface area (Å²) < 4.78 is 0. The first-order valence-electron chi connectivity index (χ1n) is 7.29. The van der Waals surface area contributed by atoms with Gasteiger partial charge in [-0.2, -0.15) is 0 Å². The van der Waals surface area contributed by atoms with Crippen LogP contribution in [0.3, 0.4) is 0 Å². The third-order valence-electron chi connectivity index (χ3n) is 3.36. The average Bonchev–Trinajstić information content (AvgIpc) is 2.37. The number of nitrogens with one attached hydrogen (secondary N) is 2. The van der Waals surface area contributed by atoms with Crippen molar-refractivity contribution >= 4 is 11.6 Å². The van der Waals surface area contributed by atoms with Gasteiger partial charge in [0.1, 0.15) is 17.5 Å². The van der Waals surface area contributed by atoms with Gasteiger partial charge in [0, 0.05) is 25.1 Å². The topological polar surface area (TPSA) is 49.8 Å². The molecule has 108 valence electrons. The molecule has 0 aliphatic heterocycles. The van der Waals surface area contributed by atoms with Crippen LogP contribution in [0.15, 0.2) is 6.07 Å². The minimum atomic E-state index is 0.332. The Hall–Kier alpha value is -1.32. The van der Waals surface area contributed by atoms with Gasteiger partial charge in [0.2, 0.25) is 0 Å². The molecule has 0 radical (unpaired) electrons. The van der Waals surface area contributed by atoms with Gasteiger partial charge in [-0.3, -0.25) is 0 Å². The molecule has 0 amide bonds. The lowest BCUT2D eigenvalue weighted by Crippen LogP contribution is -2.20. The molecule has 0 spiro atoms. The van der Waals surface area contributed by atoms with Gasteiger partial charge in [-0.15, -0.1) is 0 Å². The molecule has 0 aliphatic rings. The van der Waals surface area contributed by atoms with Crippen LogP contribution in [0, 0.1) is 5.92 Å². The van der Waals surface area contributed by atoms with Crippen LogP contribution in [-0.2, 0) is 0 Å². The largest absolute Gasteiger partial charge is 0.373 e. The fourth-order valence-corrected chi connectivity index (χ4v) is 2.01. The van der Waals surface area contributed by atoms with Crippen LogP contribution in [0.4, 0.5) is 11.6 Å². The summed E-state index contributed by atoms with van der Waals surface area (Å²) in [6, 6.07) is 2.40. The summed E-state index contributed by atoms with van der Waals surface area (Å²) in [5.74, 6) is 3.73. The Morgan fingerprint density at radius 1 is 1.11 bits per heavy atom. The summed E-state index contributed by atoms with van der Waals surface area (Å²) in [5, 5.41) is 6.58. The van der Waals surface area contributed by atoms with Crippen molar-refractivity contribution in [1.29, 1.82) is 0 Å². The van der Waals surface area contributed by atoms with Crippen molar-refractivity contribution in [3.63, 3.8) is 0 Å². The van der Waals surface area contributed by atoms with E-state index in [4.69, 9.17) is 0 Å². The molecule has 0 saturated carbocycles. The Kier molecular flexibility index (Phi) is 6.06. The second-order valence-corrected chi connectivity index (χ2v) is 5.70. The van der Waals surface area contributed by atoms with E-state index in [1.807, 2.05) is 13.1 Å². The predicted molar refractivity (Wildman–Crippen MR) is 82.8 cm³/mol. The summed E-state index contributed by atoms with van der Waals surface area (Å²) in [7, 11) is 1.89. The van der Waals surface area contributed by atoms with Crippen molar-refractivity contribution in [3.8, 4) is 0 Å². The molecule has 1 aromatic rings. The highest BCUT2D eigenvalue weighted by Gasteiger charge is 2.11. The van der Waals surface area contributed by atoms with Gasteiger partial charge in [0.25, 0.3) is 0 Å². The van der Waals surface area contributed by atoms with Crippen molar-refractivity contribution in [3.05, 3.63) is 11.9 Å². The maximum absolute atomic E-state index is 4.59. The van der Waals surface area contributed by atoms with E-state index in [2.05, 4.69) is 55.2 Å². The van der Waals surface area contributed by atoms with Gasteiger partial charge < -0.3 is 10.6 Å². The van der Waals surface area contributed by atoms with Crippen LogP contribution < -0.4 is 10.6 Å². The van der Waals surface area contributed by atoms with Crippen LogP contribution in [0.25, 0.3) is 0 Å². The lowest BCUT2D eigenvalue weighted by atomic mass is 10.0. The summed E-state index contributed by atoms with van der Waals surface area (Å²) in [6.45, 7) is 11.0. The summed E-state index contributed by atoms with van der Waals surface area (Å²) >= 11 is 0. The average molecular weight is 264 g/mol. The Balaban J connectivity index is 2.79. The number of hydrogen-bond acceptors (Lipinski definition) is 4. The summed E-state index contributed by atoms with van der Waals surface area (Å²) in [5.41, 5.74) is 0. The molecule has 1 rings (SSSR count). The van der Waals surface area contributed by atoms with Crippen LogP contribution in [0.2, 0.25) is 0 Å². The molecular weight excluding hydrogens is 236 g/mol. The fourth-order valence-electron chi connectivity index (χ4n) is 2.01. The quantitative estimate of drug-likeness (QED) is 0.784. The monoisotopic (exact) mass is 264 g/mol. The Labute approximate surface area is 117 Å². The zero-order chi connectivity index (χ0) is 14.4. The smallest absolute Gasteiger partial charge is 0.135 e. The highest BCUT2D eigenvalue weighted by molar-refractivity contribution is 5.47. The Morgan fingerprint density at radius 3 is 2.26 bits per heavy atom. The molecule has 0 aromatic carbocycles. The van der Waals surface area contributed by atoms with E-state index in [9.17, 15) is 0 Å². The molecule has 0 aliphatic carbocycles. The van der Waals surface area contributed by atoms with Crippen molar-refractivity contribution in [2.24, 2.45) is 5.92 Å². The molecule has 2 atom stereocenters. The molecule has 0 saturated heterocycles. The van der Waals surface area contributed by atoms with Crippen molar-refractivity contribution < 1.29 is 0 Å². The Bertz CT molecular complexity index is 390. The number of aromatic nitrogens is 2. The summed E-state index contributed by atoms with van der Waals surface area (Å²) in [6.07, 6.45) is 2.38. The summed E-state index contributed by atoms with van der Waals surface area (Å²) in [4.78, 5) is 9.07. The normalized spacial score (nSPS) is 14.3. The van der Waals surface area contributed by atoms with Gasteiger partial charge in [0.05, 0.1) is 0 Å². The molecule has 1 heterocycles. The molecule has 0 bridgehead atoms. The highest BCUT2D eigenvalue weighted by Crippen LogP contribution is 2.19. The first-order chi connectivity index (χ1) is 8.96. The molecule has 4 nitrogen and oxygen atoms in total. The molecule has 2 N–H and O–H groups in total. The van der Waals surface area contributed by atoms with Gasteiger partial charge in [-0.25, -0.2) is 9.97 Å². The number of rotatable bonds is 7. The van der Waals surface area contributed by atoms with E-state index < -0.39 is 0 Å². The van der Waals surface area contributed by atoms with Crippen molar-refractivity contribution in [2.45, 2.75) is 59.4 Å². The van der Waals surface area contributed by atoms with E-state index in [0.29, 0.717) is 12.0 Å². The molecule has 4 heteroatoms. The molecular formula is C15H28N4.